The first-order valence-electron chi connectivity index (χ1n) is 6.44. The molecule has 0 bridgehead atoms. The molecule has 1 atom stereocenters. The molecule has 0 fully saturated rings. The van der Waals surface area contributed by atoms with Gasteiger partial charge in [-0.3, -0.25) is 14.4 Å². The molecule has 0 aliphatic rings. The smallest absolute Gasteiger partial charge is 0.307 e. The van der Waals surface area contributed by atoms with E-state index in [1.807, 2.05) is 17.9 Å². The summed E-state index contributed by atoms with van der Waals surface area (Å²) in [6, 6.07) is 0. The summed E-state index contributed by atoms with van der Waals surface area (Å²) in [4.78, 5) is 13.0. The lowest BCUT2D eigenvalue weighted by Crippen LogP contribution is -2.31. The van der Waals surface area contributed by atoms with Crippen LogP contribution in [0.4, 0.5) is 0 Å². The van der Waals surface area contributed by atoms with Gasteiger partial charge in [0.2, 0.25) is 0 Å². The molecule has 1 unspecified atom stereocenters. The van der Waals surface area contributed by atoms with Crippen LogP contribution in [0.5, 0.6) is 0 Å². The minimum atomic E-state index is -0.740. The third-order valence-corrected chi connectivity index (χ3v) is 3.12. The second kappa shape index (κ2) is 6.54. The van der Waals surface area contributed by atoms with E-state index in [9.17, 15) is 4.79 Å². The number of carbonyl (C=O) groups is 1. The van der Waals surface area contributed by atoms with Gasteiger partial charge in [0, 0.05) is 31.9 Å². The van der Waals surface area contributed by atoms with Gasteiger partial charge in [0.15, 0.2) is 0 Å². The maximum Gasteiger partial charge on any atom is 0.307 e. The lowest BCUT2D eigenvalue weighted by molar-refractivity contribution is -0.141. The number of nitrogens with zero attached hydrogens (tertiary/aromatic N) is 3. The molecule has 0 spiro atoms. The number of aryl methyl sites for hydroxylation is 2. The Morgan fingerprint density at radius 2 is 2.22 bits per heavy atom. The largest absolute Gasteiger partial charge is 0.481 e. The Labute approximate surface area is 108 Å². The molecule has 0 aliphatic carbocycles. The molecule has 1 N–H and O–H groups in total. The Kier molecular flexibility index (Phi) is 5.34. The maximum absolute atomic E-state index is 10.9. The molecule has 0 aliphatic heterocycles. The maximum atomic E-state index is 10.9. The standard InChI is InChI=1S/C13H23N3O2/c1-5-12-11(8-15(4)14-12)9-16(6-2)7-10(3)13(17)18/h8,10H,5-7,9H2,1-4H3,(H,17,18). The van der Waals surface area contributed by atoms with Crippen molar-refractivity contribution in [2.75, 3.05) is 13.1 Å². The highest BCUT2D eigenvalue weighted by atomic mass is 16.4. The summed E-state index contributed by atoms with van der Waals surface area (Å²) >= 11 is 0. The molecule has 0 aromatic carbocycles. The van der Waals surface area contributed by atoms with E-state index in [2.05, 4.69) is 23.8 Å². The summed E-state index contributed by atoms with van der Waals surface area (Å²) in [7, 11) is 1.92. The van der Waals surface area contributed by atoms with Gasteiger partial charge in [-0.2, -0.15) is 5.10 Å². The molecule has 5 heteroatoms. The number of carboxylic acids is 1. The fraction of sp³-hybridized carbons (Fsp3) is 0.692. The van der Waals surface area contributed by atoms with Crippen LogP contribution in [-0.4, -0.2) is 38.8 Å². The minimum absolute atomic E-state index is 0.341. The highest BCUT2D eigenvalue weighted by Crippen LogP contribution is 2.12. The molecule has 0 amide bonds. The van der Waals surface area contributed by atoms with Crippen molar-refractivity contribution < 1.29 is 9.90 Å². The van der Waals surface area contributed by atoms with E-state index in [1.165, 1.54) is 5.56 Å². The third kappa shape index (κ3) is 3.84. The summed E-state index contributed by atoms with van der Waals surface area (Å²) in [5, 5.41) is 13.4. The van der Waals surface area contributed by atoms with Crippen LogP contribution in [0.25, 0.3) is 0 Å². The van der Waals surface area contributed by atoms with Gasteiger partial charge in [0.05, 0.1) is 11.6 Å². The van der Waals surface area contributed by atoms with Crippen LogP contribution in [0, 0.1) is 5.92 Å². The average Bonchev–Trinajstić information content (AvgIpc) is 2.68. The van der Waals surface area contributed by atoms with E-state index >= 15 is 0 Å². The zero-order valence-corrected chi connectivity index (χ0v) is 11.7. The van der Waals surface area contributed by atoms with Crippen molar-refractivity contribution in [1.82, 2.24) is 14.7 Å². The molecule has 102 valence electrons. The Morgan fingerprint density at radius 3 is 2.72 bits per heavy atom. The fourth-order valence-corrected chi connectivity index (χ4v) is 2.03. The minimum Gasteiger partial charge on any atom is -0.481 e. The van der Waals surface area contributed by atoms with E-state index in [1.54, 1.807) is 6.92 Å². The van der Waals surface area contributed by atoms with E-state index in [0.29, 0.717) is 6.54 Å². The van der Waals surface area contributed by atoms with Crippen LogP contribution < -0.4 is 0 Å². The Hall–Kier alpha value is -1.36. The Balaban J connectivity index is 2.70. The first kappa shape index (κ1) is 14.7. The summed E-state index contributed by atoms with van der Waals surface area (Å²) in [6.07, 6.45) is 2.93. The molecule has 18 heavy (non-hydrogen) atoms. The van der Waals surface area contributed by atoms with E-state index in [-0.39, 0.29) is 5.92 Å². The van der Waals surface area contributed by atoms with Crippen LogP contribution >= 0.6 is 0 Å². The molecule has 1 aromatic heterocycles. The highest BCUT2D eigenvalue weighted by molar-refractivity contribution is 5.69. The molecule has 0 saturated carbocycles. The normalized spacial score (nSPS) is 12.9. The van der Waals surface area contributed by atoms with Gasteiger partial charge in [-0.05, 0) is 13.0 Å². The molecule has 5 nitrogen and oxygen atoms in total. The van der Waals surface area contributed by atoms with Crippen molar-refractivity contribution >= 4 is 5.97 Å². The van der Waals surface area contributed by atoms with Crippen molar-refractivity contribution in [3.63, 3.8) is 0 Å². The first-order chi connectivity index (χ1) is 8.47. The van der Waals surface area contributed by atoms with Gasteiger partial charge in [-0.1, -0.05) is 20.8 Å². The van der Waals surface area contributed by atoms with Crippen LogP contribution in [-0.2, 0) is 24.8 Å². The number of hydrogen-bond donors (Lipinski definition) is 1. The number of carboxylic acid groups (broad SMARTS) is 1. The molecule has 1 rings (SSSR count). The Morgan fingerprint density at radius 1 is 1.56 bits per heavy atom. The number of hydrogen-bond acceptors (Lipinski definition) is 3. The van der Waals surface area contributed by atoms with E-state index < -0.39 is 5.97 Å². The highest BCUT2D eigenvalue weighted by Gasteiger charge is 2.17. The van der Waals surface area contributed by atoms with Crippen molar-refractivity contribution in [2.45, 2.75) is 33.7 Å². The third-order valence-electron chi connectivity index (χ3n) is 3.12. The van der Waals surface area contributed by atoms with Gasteiger partial charge in [0.1, 0.15) is 0 Å². The van der Waals surface area contributed by atoms with Gasteiger partial charge in [-0.25, -0.2) is 0 Å². The second-order valence-electron chi connectivity index (χ2n) is 4.70. The molecular formula is C13H23N3O2. The quantitative estimate of drug-likeness (QED) is 0.800. The summed E-state index contributed by atoms with van der Waals surface area (Å²) in [5.74, 6) is -1.08. The van der Waals surface area contributed by atoms with Crippen LogP contribution in [0.2, 0.25) is 0 Å². The SMILES string of the molecule is CCc1nn(C)cc1CN(CC)CC(C)C(=O)O. The van der Waals surface area contributed by atoms with Crippen LogP contribution in [0.3, 0.4) is 0 Å². The van der Waals surface area contributed by atoms with E-state index in [4.69, 9.17) is 5.11 Å². The van der Waals surface area contributed by atoms with Gasteiger partial charge in [-0.15, -0.1) is 0 Å². The number of rotatable bonds is 7. The van der Waals surface area contributed by atoms with Crippen LogP contribution in [0.15, 0.2) is 6.20 Å². The summed E-state index contributed by atoms with van der Waals surface area (Å²) in [5.41, 5.74) is 2.29. The molecular weight excluding hydrogens is 230 g/mol. The van der Waals surface area contributed by atoms with Gasteiger partial charge in [0.25, 0.3) is 0 Å². The monoisotopic (exact) mass is 253 g/mol. The predicted octanol–water partition coefficient (Wildman–Crippen LogP) is 1.53. The zero-order chi connectivity index (χ0) is 13.7. The topological polar surface area (TPSA) is 58.4 Å². The van der Waals surface area contributed by atoms with Gasteiger partial charge >= 0.3 is 5.97 Å². The van der Waals surface area contributed by atoms with Crippen molar-refractivity contribution in [2.24, 2.45) is 13.0 Å². The molecule has 0 saturated heterocycles. The van der Waals surface area contributed by atoms with Crippen molar-refractivity contribution in [1.29, 1.82) is 0 Å². The summed E-state index contributed by atoms with van der Waals surface area (Å²) in [6.45, 7) is 8.07. The molecule has 0 radical (unpaired) electrons. The van der Waals surface area contributed by atoms with E-state index in [0.717, 1.165) is 25.2 Å². The zero-order valence-electron chi connectivity index (χ0n) is 11.7. The summed E-state index contributed by atoms with van der Waals surface area (Å²) < 4.78 is 1.82. The average molecular weight is 253 g/mol. The number of aromatic nitrogens is 2. The van der Waals surface area contributed by atoms with Crippen molar-refractivity contribution in [3.05, 3.63) is 17.5 Å². The lowest BCUT2D eigenvalue weighted by Gasteiger charge is -2.22. The number of aliphatic carboxylic acids is 1. The molecule has 1 heterocycles. The molecule has 1 aromatic rings. The first-order valence-corrected chi connectivity index (χ1v) is 6.44. The predicted molar refractivity (Wildman–Crippen MR) is 70.3 cm³/mol. The van der Waals surface area contributed by atoms with Gasteiger partial charge < -0.3 is 5.11 Å². The Bertz CT molecular complexity index is 401. The van der Waals surface area contributed by atoms with Crippen LogP contribution in [0.1, 0.15) is 32.0 Å². The second-order valence-corrected chi connectivity index (χ2v) is 4.70. The fourth-order valence-electron chi connectivity index (χ4n) is 2.03. The lowest BCUT2D eigenvalue weighted by atomic mass is 10.1. The van der Waals surface area contributed by atoms with Crippen molar-refractivity contribution in [3.8, 4) is 0 Å².